The molecule has 4 aliphatic carbocycles. The summed E-state index contributed by atoms with van der Waals surface area (Å²) in [5, 5.41) is 18.6. The van der Waals surface area contributed by atoms with Gasteiger partial charge in [-0.2, -0.15) is 0 Å². The summed E-state index contributed by atoms with van der Waals surface area (Å²) in [6, 6.07) is 0. The maximum atomic E-state index is 10.3. The molecule has 7 atom stereocenters. The zero-order valence-electron chi connectivity index (χ0n) is 14.9. The first-order valence-electron chi connectivity index (χ1n) is 9.78. The molecule has 0 saturated heterocycles. The van der Waals surface area contributed by atoms with Gasteiger partial charge in [0.2, 0.25) is 0 Å². The van der Waals surface area contributed by atoms with Gasteiger partial charge in [0.15, 0.2) is 0 Å². The Morgan fingerprint density at radius 3 is 2.88 bits per heavy atom. The number of rotatable bonds is 1. The van der Waals surface area contributed by atoms with Crippen LogP contribution in [0, 0.1) is 34.5 Å². The summed E-state index contributed by atoms with van der Waals surface area (Å²) >= 11 is 0. The van der Waals surface area contributed by atoms with Gasteiger partial charge in [0.05, 0.1) is 18.5 Å². The van der Waals surface area contributed by atoms with Crippen molar-refractivity contribution in [2.75, 3.05) is 0 Å². The summed E-state index contributed by atoms with van der Waals surface area (Å²) in [5.74, 6) is 3.11. The largest absolute Gasteiger partial charge is 0.393 e. The molecule has 5 rings (SSSR count). The van der Waals surface area contributed by atoms with E-state index in [1.165, 1.54) is 37.8 Å². The average molecular weight is 327 g/mol. The normalized spacial score (nSPS) is 50.1. The van der Waals surface area contributed by atoms with Crippen molar-refractivity contribution in [1.29, 1.82) is 0 Å². The highest BCUT2D eigenvalue weighted by atomic mass is 16.3. The highest BCUT2D eigenvalue weighted by Gasteiger charge is 2.60. The summed E-state index contributed by atoms with van der Waals surface area (Å²) in [4.78, 5) is 0. The van der Waals surface area contributed by atoms with E-state index in [0.717, 1.165) is 36.5 Å². The number of allylic oxidation sites excluding steroid dienone is 2. The van der Waals surface area contributed by atoms with Crippen molar-refractivity contribution in [3.8, 4) is 0 Å². The minimum absolute atomic E-state index is 0.0560. The molecule has 4 nitrogen and oxygen atoms in total. The van der Waals surface area contributed by atoms with Crippen LogP contribution in [0.15, 0.2) is 18.5 Å². The van der Waals surface area contributed by atoms with Crippen LogP contribution in [0.2, 0.25) is 0 Å². The third kappa shape index (κ3) is 1.84. The van der Waals surface area contributed by atoms with E-state index in [9.17, 15) is 5.11 Å². The Balaban J connectivity index is 1.47. The van der Waals surface area contributed by atoms with Crippen molar-refractivity contribution in [2.45, 2.75) is 64.9 Å². The number of hydrogen-bond acceptors (Lipinski definition) is 3. The second-order valence-electron chi connectivity index (χ2n) is 9.38. The van der Waals surface area contributed by atoms with E-state index in [2.05, 4.69) is 30.2 Å². The molecule has 0 bridgehead atoms. The fourth-order valence-corrected chi connectivity index (χ4v) is 7.40. The zero-order chi connectivity index (χ0) is 16.5. The summed E-state index contributed by atoms with van der Waals surface area (Å²) in [7, 11) is 0. The zero-order valence-corrected chi connectivity index (χ0v) is 14.9. The second-order valence-corrected chi connectivity index (χ2v) is 9.38. The third-order valence-corrected chi connectivity index (χ3v) is 8.51. The lowest BCUT2D eigenvalue weighted by Crippen LogP contribution is -2.50. The molecular formula is C20H29N3O. The topological polar surface area (TPSA) is 50.9 Å². The Hall–Kier alpha value is -1.16. The van der Waals surface area contributed by atoms with Gasteiger partial charge in [-0.3, -0.25) is 0 Å². The molecule has 3 saturated carbocycles. The lowest BCUT2D eigenvalue weighted by Gasteiger charge is -2.57. The first-order valence-corrected chi connectivity index (χ1v) is 9.78. The van der Waals surface area contributed by atoms with Crippen LogP contribution in [0.5, 0.6) is 0 Å². The van der Waals surface area contributed by atoms with E-state index in [1.807, 2.05) is 10.9 Å². The summed E-state index contributed by atoms with van der Waals surface area (Å²) < 4.78 is 2.01. The molecule has 24 heavy (non-hydrogen) atoms. The van der Waals surface area contributed by atoms with E-state index >= 15 is 0 Å². The predicted octanol–water partition coefficient (Wildman–Crippen LogP) is 3.74. The maximum absolute atomic E-state index is 10.3. The molecular weight excluding hydrogens is 298 g/mol. The van der Waals surface area contributed by atoms with Gasteiger partial charge in [-0.1, -0.05) is 25.1 Å². The van der Waals surface area contributed by atoms with Gasteiger partial charge in [0.25, 0.3) is 0 Å². The minimum Gasteiger partial charge on any atom is -0.393 e. The molecule has 1 N–H and O–H groups in total. The Morgan fingerprint density at radius 1 is 1.21 bits per heavy atom. The summed E-state index contributed by atoms with van der Waals surface area (Å²) in [5.41, 5.74) is 2.00. The van der Waals surface area contributed by atoms with E-state index in [0.29, 0.717) is 5.41 Å². The number of aliphatic hydroxyl groups is 1. The SMILES string of the molecule is C[C@]12CCC3[C@@H](CC[C@H]4CC(O)C[C@]34C)[C@@H]1CC=C2n1ccnn1. The molecule has 1 aromatic rings. The fraction of sp³-hybridized carbons (Fsp3) is 0.800. The number of fused-ring (bicyclic) bond motifs is 5. The van der Waals surface area contributed by atoms with Gasteiger partial charge in [0, 0.05) is 11.1 Å². The van der Waals surface area contributed by atoms with Gasteiger partial charge in [-0.15, -0.1) is 5.10 Å². The average Bonchev–Trinajstić information content (AvgIpc) is 3.22. The molecule has 0 aliphatic heterocycles. The molecule has 0 amide bonds. The van der Waals surface area contributed by atoms with Crippen molar-refractivity contribution in [3.63, 3.8) is 0 Å². The number of aliphatic hydroxyl groups excluding tert-OH is 1. The smallest absolute Gasteiger partial charge is 0.0697 e. The number of nitrogens with zero attached hydrogens (tertiary/aromatic N) is 3. The van der Waals surface area contributed by atoms with E-state index in [4.69, 9.17) is 0 Å². The van der Waals surface area contributed by atoms with E-state index in [1.54, 1.807) is 6.20 Å². The number of hydrogen-bond donors (Lipinski definition) is 1. The van der Waals surface area contributed by atoms with Crippen LogP contribution in [-0.4, -0.2) is 26.2 Å². The fourth-order valence-electron chi connectivity index (χ4n) is 7.40. The van der Waals surface area contributed by atoms with Crippen molar-refractivity contribution < 1.29 is 5.11 Å². The summed E-state index contributed by atoms with van der Waals surface area (Å²) in [6.07, 6.45) is 14.7. The third-order valence-electron chi connectivity index (χ3n) is 8.51. The molecule has 1 aromatic heterocycles. The van der Waals surface area contributed by atoms with Crippen LogP contribution in [0.1, 0.15) is 58.8 Å². The molecule has 0 spiro atoms. The van der Waals surface area contributed by atoms with Crippen LogP contribution in [-0.2, 0) is 0 Å². The van der Waals surface area contributed by atoms with Gasteiger partial charge in [-0.25, -0.2) is 4.68 Å². The van der Waals surface area contributed by atoms with Gasteiger partial charge >= 0.3 is 0 Å². The Labute approximate surface area is 144 Å². The Kier molecular flexibility index (Phi) is 3.11. The number of aromatic nitrogens is 3. The first-order chi connectivity index (χ1) is 11.5. The van der Waals surface area contributed by atoms with Crippen molar-refractivity contribution in [3.05, 3.63) is 18.5 Å². The monoisotopic (exact) mass is 327 g/mol. The molecule has 0 radical (unpaired) electrons. The quantitative estimate of drug-likeness (QED) is 0.855. The van der Waals surface area contributed by atoms with E-state index < -0.39 is 0 Å². The van der Waals surface area contributed by atoms with Crippen molar-refractivity contribution in [2.24, 2.45) is 34.5 Å². The maximum Gasteiger partial charge on any atom is 0.0697 e. The molecule has 4 heteroatoms. The van der Waals surface area contributed by atoms with Crippen LogP contribution in [0.3, 0.4) is 0 Å². The second kappa shape index (κ2) is 4.94. The molecule has 1 heterocycles. The van der Waals surface area contributed by atoms with Crippen LogP contribution in [0.4, 0.5) is 0 Å². The first kappa shape index (κ1) is 15.1. The Morgan fingerprint density at radius 2 is 2.08 bits per heavy atom. The van der Waals surface area contributed by atoms with Gasteiger partial charge in [-0.05, 0) is 74.0 Å². The molecule has 3 fully saturated rings. The summed E-state index contributed by atoms with van der Waals surface area (Å²) in [6.45, 7) is 4.96. The van der Waals surface area contributed by atoms with E-state index in [-0.39, 0.29) is 11.5 Å². The van der Waals surface area contributed by atoms with Crippen molar-refractivity contribution >= 4 is 5.70 Å². The van der Waals surface area contributed by atoms with Gasteiger partial charge in [0.1, 0.15) is 0 Å². The minimum atomic E-state index is -0.0560. The molecule has 130 valence electrons. The predicted molar refractivity (Wildman–Crippen MR) is 92.8 cm³/mol. The highest BCUT2D eigenvalue weighted by Crippen LogP contribution is 2.67. The van der Waals surface area contributed by atoms with Crippen LogP contribution in [0.25, 0.3) is 5.70 Å². The highest BCUT2D eigenvalue weighted by molar-refractivity contribution is 5.55. The molecule has 2 unspecified atom stereocenters. The lowest BCUT2D eigenvalue weighted by molar-refractivity contribution is -0.0668. The molecule has 0 aromatic carbocycles. The van der Waals surface area contributed by atoms with Crippen LogP contribution >= 0.6 is 0 Å². The van der Waals surface area contributed by atoms with Crippen molar-refractivity contribution in [1.82, 2.24) is 15.0 Å². The molecule has 4 aliphatic rings. The Bertz CT molecular complexity index is 668. The standard InChI is InChI=1S/C20H29N3O/c1-19-8-7-17-15(4-3-13-11-14(24)12-20(13,17)2)16(19)5-6-18(19)23-10-9-21-22-23/h6,9-10,13-17,24H,3-5,7-8,11-12H2,1-2H3/t13-,14?,15-,16-,17?,19-,20-/m0/s1. The van der Waals surface area contributed by atoms with Crippen LogP contribution < -0.4 is 0 Å². The van der Waals surface area contributed by atoms with Gasteiger partial charge < -0.3 is 5.11 Å². The lowest BCUT2D eigenvalue weighted by atomic mass is 9.48.